The van der Waals surface area contributed by atoms with Crippen LogP contribution in [0.5, 0.6) is 5.75 Å². The van der Waals surface area contributed by atoms with Crippen LogP contribution in [-0.4, -0.2) is 19.3 Å². The van der Waals surface area contributed by atoms with Gasteiger partial charge in [-0.2, -0.15) is 0 Å². The Balaban J connectivity index is 1.83. The molecule has 0 amide bonds. The molecular weight excluding hydrogens is 243 g/mol. The van der Waals surface area contributed by atoms with E-state index in [2.05, 4.69) is 0 Å². The highest BCUT2D eigenvalue weighted by atomic mass is 35.5. The largest absolute Gasteiger partial charge is 0.493 e. The van der Waals surface area contributed by atoms with E-state index in [9.17, 15) is 4.39 Å². The van der Waals surface area contributed by atoms with Crippen LogP contribution < -0.4 is 4.74 Å². The first-order valence-corrected chi connectivity index (χ1v) is 6.41. The Bertz CT molecular complexity index is 364. The van der Waals surface area contributed by atoms with Crippen LogP contribution in [0.3, 0.4) is 0 Å². The Kier molecular flexibility index (Phi) is 4.63. The van der Waals surface area contributed by atoms with Gasteiger partial charge in [0.05, 0.1) is 12.7 Å². The minimum Gasteiger partial charge on any atom is -0.493 e. The van der Waals surface area contributed by atoms with Gasteiger partial charge in [0.2, 0.25) is 0 Å². The molecule has 1 unspecified atom stereocenters. The topological polar surface area (TPSA) is 18.5 Å². The first-order valence-electron chi connectivity index (χ1n) is 5.88. The number of hydrogen-bond acceptors (Lipinski definition) is 2. The number of rotatable bonds is 5. The average Bonchev–Trinajstić information content (AvgIpc) is 2.81. The highest BCUT2D eigenvalue weighted by Crippen LogP contribution is 2.20. The molecule has 0 aromatic heterocycles. The van der Waals surface area contributed by atoms with Crippen molar-refractivity contribution in [2.45, 2.75) is 31.2 Å². The molecule has 17 heavy (non-hydrogen) atoms. The lowest BCUT2D eigenvalue weighted by atomic mass is 10.2. The summed E-state index contributed by atoms with van der Waals surface area (Å²) in [4.78, 5) is 0. The predicted molar refractivity (Wildman–Crippen MR) is 65.0 cm³/mol. The Morgan fingerprint density at radius 3 is 3.00 bits per heavy atom. The summed E-state index contributed by atoms with van der Waals surface area (Å²) in [5, 5.41) is 0. The maximum absolute atomic E-state index is 13.2. The van der Waals surface area contributed by atoms with E-state index in [1.165, 1.54) is 12.1 Å². The lowest BCUT2D eigenvalue weighted by molar-refractivity contribution is 0.0903. The van der Waals surface area contributed by atoms with Crippen LogP contribution in [0, 0.1) is 5.82 Å². The third-order valence-electron chi connectivity index (χ3n) is 2.82. The summed E-state index contributed by atoms with van der Waals surface area (Å²) in [6.45, 7) is 1.40. The Morgan fingerprint density at radius 1 is 1.41 bits per heavy atom. The summed E-state index contributed by atoms with van der Waals surface area (Å²) in [6.07, 6.45) is 3.38. The fourth-order valence-corrected chi connectivity index (χ4v) is 2.12. The lowest BCUT2D eigenvalue weighted by Crippen LogP contribution is -2.10. The molecule has 1 atom stereocenters. The molecule has 1 aromatic carbocycles. The molecule has 1 heterocycles. The second-order valence-electron chi connectivity index (χ2n) is 4.20. The molecule has 0 N–H and O–H groups in total. The summed E-state index contributed by atoms with van der Waals surface area (Å²) in [6, 6.07) is 4.57. The van der Waals surface area contributed by atoms with Crippen molar-refractivity contribution in [3.8, 4) is 5.75 Å². The molecule has 94 valence electrons. The van der Waals surface area contributed by atoms with Gasteiger partial charge in [0.1, 0.15) is 11.6 Å². The summed E-state index contributed by atoms with van der Waals surface area (Å²) < 4.78 is 24.2. The maximum atomic E-state index is 13.2. The fraction of sp³-hybridized carbons (Fsp3) is 0.538. The van der Waals surface area contributed by atoms with Crippen LogP contribution in [0.25, 0.3) is 0 Å². The second kappa shape index (κ2) is 6.22. The highest BCUT2D eigenvalue weighted by Gasteiger charge is 2.15. The first-order chi connectivity index (χ1) is 8.28. The SMILES string of the molecule is Fc1cc(CCl)cc(OCCC2CCCO2)c1. The zero-order chi connectivity index (χ0) is 12.1. The van der Waals surface area contributed by atoms with E-state index in [0.29, 0.717) is 24.3 Å². The van der Waals surface area contributed by atoms with E-state index in [4.69, 9.17) is 21.1 Å². The van der Waals surface area contributed by atoms with Crippen LogP contribution in [-0.2, 0) is 10.6 Å². The molecule has 1 fully saturated rings. The standard InChI is InChI=1S/C13H16ClFO2/c14-9-10-6-11(15)8-13(7-10)17-5-3-12-2-1-4-16-12/h6-8,12H,1-5,9H2. The average molecular weight is 259 g/mol. The molecule has 2 nitrogen and oxygen atoms in total. The van der Waals surface area contributed by atoms with Gasteiger partial charge in [0.15, 0.2) is 0 Å². The summed E-state index contributed by atoms with van der Waals surface area (Å²) in [5.41, 5.74) is 0.735. The third-order valence-corrected chi connectivity index (χ3v) is 3.13. The summed E-state index contributed by atoms with van der Waals surface area (Å²) in [5.74, 6) is 0.522. The Hall–Kier alpha value is -0.800. The molecule has 1 aromatic rings. The molecule has 1 aliphatic rings. The van der Waals surface area contributed by atoms with Crippen molar-refractivity contribution in [2.75, 3.05) is 13.2 Å². The van der Waals surface area contributed by atoms with Crippen molar-refractivity contribution in [1.29, 1.82) is 0 Å². The molecule has 0 aliphatic carbocycles. The van der Waals surface area contributed by atoms with E-state index in [0.717, 1.165) is 31.4 Å². The van der Waals surface area contributed by atoms with Crippen molar-refractivity contribution < 1.29 is 13.9 Å². The van der Waals surface area contributed by atoms with Crippen LogP contribution in [0.2, 0.25) is 0 Å². The van der Waals surface area contributed by atoms with Crippen molar-refractivity contribution in [3.63, 3.8) is 0 Å². The Morgan fingerprint density at radius 2 is 2.29 bits per heavy atom. The zero-order valence-corrected chi connectivity index (χ0v) is 10.4. The van der Waals surface area contributed by atoms with Crippen LogP contribution in [0.4, 0.5) is 4.39 Å². The van der Waals surface area contributed by atoms with Gasteiger partial charge in [0.25, 0.3) is 0 Å². The number of ether oxygens (including phenoxy) is 2. The molecule has 0 bridgehead atoms. The summed E-state index contributed by atoms with van der Waals surface area (Å²) in [7, 11) is 0. The van der Waals surface area contributed by atoms with Gasteiger partial charge < -0.3 is 9.47 Å². The maximum Gasteiger partial charge on any atom is 0.127 e. The third kappa shape index (κ3) is 3.86. The monoisotopic (exact) mass is 258 g/mol. The van der Waals surface area contributed by atoms with Gasteiger partial charge in [-0.1, -0.05) is 0 Å². The molecule has 0 radical (unpaired) electrons. The highest BCUT2D eigenvalue weighted by molar-refractivity contribution is 6.17. The van der Waals surface area contributed by atoms with E-state index in [-0.39, 0.29) is 5.82 Å². The Labute approximate surface area is 106 Å². The smallest absolute Gasteiger partial charge is 0.127 e. The van der Waals surface area contributed by atoms with Gasteiger partial charge in [-0.05, 0) is 30.5 Å². The van der Waals surface area contributed by atoms with Gasteiger partial charge in [0, 0.05) is 25.0 Å². The first kappa shape index (κ1) is 12.7. The number of halogens is 2. The molecule has 4 heteroatoms. The van der Waals surface area contributed by atoms with Crippen molar-refractivity contribution in [3.05, 3.63) is 29.6 Å². The van der Waals surface area contributed by atoms with Crippen molar-refractivity contribution >= 4 is 11.6 Å². The van der Waals surface area contributed by atoms with E-state index in [1.807, 2.05) is 0 Å². The van der Waals surface area contributed by atoms with E-state index >= 15 is 0 Å². The van der Waals surface area contributed by atoms with E-state index < -0.39 is 0 Å². The van der Waals surface area contributed by atoms with Crippen LogP contribution >= 0.6 is 11.6 Å². The number of benzene rings is 1. The van der Waals surface area contributed by atoms with Gasteiger partial charge in [-0.15, -0.1) is 11.6 Å². The molecule has 2 rings (SSSR count). The summed E-state index contributed by atoms with van der Waals surface area (Å²) >= 11 is 5.67. The normalized spacial score (nSPS) is 19.5. The zero-order valence-electron chi connectivity index (χ0n) is 9.62. The van der Waals surface area contributed by atoms with Crippen molar-refractivity contribution in [1.82, 2.24) is 0 Å². The van der Waals surface area contributed by atoms with Gasteiger partial charge in [-0.25, -0.2) is 4.39 Å². The molecule has 1 aliphatic heterocycles. The number of alkyl halides is 1. The molecule has 0 spiro atoms. The van der Waals surface area contributed by atoms with Gasteiger partial charge >= 0.3 is 0 Å². The fourth-order valence-electron chi connectivity index (χ4n) is 1.96. The number of hydrogen-bond donors (Lipinski definition) is 0. The predicted octanol–water partition coefficient (Wildman–Crippen LogP) is 3.51. The quantitative estimate of drug-likeness (QED) is 0.753. The molecule has 1 saturated heterocycles. The van der Waals surface area contributed by atoms with Crippen molar-refractivity contribution in [2.24, 2.45) is 0 Å². The minimum atomic E-state index is -0.310. The molecule has 0 saturated carbocycles. The lowest BCUT2D eigenvalue weighted by Gasteiger charge is -2.11. The molecular formula is C13H16ClFO2. The van der Waals surface area contributed by atoms with E-state index in [1.54, 1.807) is 6.07 Å². The minimum absolute atomic E-state index is 0.292. The van der Waals surface area contributed by atoms with Crippen LogP contribution in [0.15, 0.2) is 18.2 Å². The van der Waals surface area contributed by atoms with Gasteiger partial charge in [-0.3, -0.25) is 0 Å². The second-order valence-corrected chi connectivity index (χ2v) is 4.47. The van der Waals surface area contributed by atoms with Crippen LogP contribution in [0.1, 0.15) is 24.8 Å².